The molecule has 0 bridgehead atoms. The highest BCUT2D eigenvalue weighted by atomic mass is 19.1. The van der Waals surface area contributed by atoms with Crippen LogP contribution in [-0.4, -0.2) is 35.6 Å². The lowest BCUT2D eigenvalue weighted by atomic mass is 9.92. The number of anilines is 1. The maximum absolute atomic E-state index is 13.3. The third kappa shape index (κ3) is 3.75. The summed E-state index contributed by atoms with van der Waals surface area (Å²) in [6.07, 6.45) is 4.05. The van der Waals surface area contributed by atoms with Gasteiger partial charge in [-0.05, 0) is 43.0 Å². The number of aliphatic hydroxyl groups is 1. The first-order valence-electron chi connectivity index (χ1n) is 8.61. The van der Waals surface area contributed by atoms with Crippen LogP contribution in [0.3, 0.4) is 0 Å². The number of aliphatic hydroxyl groups excluding tert-OH is 1. The van der Waals surface area contributed by atoms with Gasteiger partial charge in [-0.15, -0.1) is 0 Å². The molecule has 0 saturated heterocycles. The molecule has 24 heavy (non-hydrogen) atoms. The molecule has 1 aromatic carbocycles. The van der Waals surface area contributed by atoms with Crippen LogP contribution in [0.2, 0.25) is 0 Å². The van der Waals surface area contributed by atoms with Crippen LogP contribution in [0.25, 0.3) is 0 Å². The van der Waals surface area contributed by atoms with Gasteiger partial charge in [0.1, 0.15) is 5.82 Å². The summed E-state index contributed by atoms with van der Waals surface area (Å²) in [5.74, 6) is -0.519. The van der Waals surface area contributed by atoms with Crippen molar-refractivity contribution in [1.29, 1.82) is 0 Å². The molecule has 2 unspecified atom stereocenters. The Bertz CT molecular complexity index is 635. The van der Waals surface area contributed by atoms with Gasteiger partial charge >= 0.3 is 0 Å². The summed E-state index contributed by atoms with van der Waals surface area (Å²) in [4.78, 5) is 25.9. The van der Waals surface area contributed by atoms with E-state index in [0.717, 1.165) is 24.8 Å². The van der Waals surface area contributed by atoms with Crippen molar-refractivity contribution in [1.82, 2.24) is 5.32 Å². The third-order valence-electron chi connectivity index (χ3n) is 4.88. The van der Waals surface area contributed by atoms with Crippen LogP contribution in [0.1, 0.15) is 44.1 Å². The fraction of sp³-hybridized carbons (Fsp3) is 0.556. The van der Waals surface area contributed by atoms with Crippen LogP contribution in [-0.2, 0) is 16.0 Å². The SMILES string of the molecule is O=C(CCN1C(=O)CCc2cc(F)ccc21)NC1CCCCC1O. The molecule has 5 nitrogen and oxygen atoms in total. The molecule has 3 rings (SSSR count). The Labute approximate surface area is 140 Å². The number of rotatable bonds is 4. The van der Waals surface area contributed by atoms with Crippen molar-refractivity contribution in [2.75, 3.05) is 11.4 Å². The van der Waals surface area contributed by atoms with Gasteiger partial charge in [0.25, 0.3) is 0 Å². The van der Waals surface area contributed by atoms with Gasteiger partial charge in [-0.3, -0.25) is 9.59 Å². The number of benzene rings is 1. The Morgan fingerprint density at radius 1 is 1.29 bits per heavy atom. The Hall–Kier alpha value is -1.95. The topological polar surface area (TPSA) is 69.6 Å². The van der Waals surface area contributed by atoms with E-state index in [1.165, 1.54) is 12.1 Å². The number of hydrogen-bond donors (Lipinski definition) is 2. The van der Waals surface area contributed by atoms with E-state index < -0.39 is 6.10 Å². The summed E-state index contributed by atoms with van der Waals surface area (Å²) in [6.45, 7) is 0.270. The van der Waals surface area contributed by atoms with E-state index in [-0.39, 0.29) is 36.6 Å². The number of nitrogens with zero attached hydrogens (tertiary/aromatic N) is 1. The van der Waals surface area contributed by atoms with E-state index in [0.29, 0.717) is 24.9 Å². The molecule has 6 heteroatoms. The minimum Gasteiger partial charge on any atom is -0.391 e. The molecule has 2 atom stereocenters. The lowest BCUT2D eigenvalue weighted by Gasteiger charge is -2.31. The second kappa shape index (κ2) is 7.30. The molecule has 2 N–H and O–H groups in total. The highest BCUT2D eigenvalue weighted by Gasteiger charge is 2.27. The molecule has 1 aromatic rings. The first-order chi connectivity index (χ1) is 11.5. The Kier molecular flexibility index (Phi) is 5.14. The largest absolute Gasteiger partial charge is 0.391 e. The van der Waals surface area contributed by atoms with E-state index in [1.807, 2.05) is 0 Å². The molecule has 0 radical (unpaired) electrons. The summed E-state index contributed by atoms with van der Waals surface area (Å²) in [5.41, 5.74) is 1.50. The van der Waals surface area contributed by atoms with Crippen LogP contribution < -0.4 is 10.2 Å². The van der Waals surface area contributed by atoms with Crippen molar-refractivity contribution < 1.29 is 19.1 Å². The lowest BCUT2D eigenvalue weighted by Crippen LogP contribution is -2.46. The Morgan fingerprint density at radius 3 is 2.88 bits per heavy atom. The summed E-state index contributed by atoms with van der Waals surface area (Å²) in [7, 11) is 0. The second-order valence-corrected chi connectivity index (χ2v) is 6.59. The minimum atomic E-state index is -0.483. The summed E-state index contributed by atoms with van der Waals surface area (Å²) in [5, 5.41) is 12.8. The van der Waals surface area contributed by atoms with Crippen molar-refractivity contribution in [3.8, 4) is 0 Å². The molecule has 1 heterocycles. The van der Waals surface area contributed by atoms with Crippen molar-refractivity contribution in [2.45, 2.75) is 57.1 Å². The van der Waals surface area contributed by atoms with Crippen LogP contribution in [0.5, 0.6) is 0 Å². The molecule has 0 aromatic heterocycles. The second-order valence-electron chi connectivity index (χ2n) is 6.59. The average Bonchev–Trinajstić information content (AvgIpc) is 2.56. The summed E-state index contributed by atoms with van der Waals surface area (Å²) < 4.78 is 13.3. The molecule has 2 amide bonds. The Morgan fingerprint density at radius 2 is 2.08 bits per heavy atom. The van der Waals surface area contributed by atoms with Gasteiger partial charge in [0.2, 0.25) is 11.8 Å². The molecule has 1 fully saturated rings. The monoisotopic (exact) mass is 334 g/mol. The maximum atomic E-state index is 13.3. The number of carbonyl (C=O) groups excluding carboxylic acids is 2. The van der Waals surface area contributed by atoms with Gasteiger partial charge in [-0.25, -0.2) is 4.39 Å². The standard InChI is InChI=1S/C18H23FN2O3/c19-13-6-7-15-12(11-13)5-8-18(24)21(15)10-9-17(23)20-14-3-1-2-4-16(14)22/h6-7,11,14,16,22H,1-5,8-10H2,(H,20,23). The molecule has 0 spiro atoms. The minimum absolute atomic E-state index is 0.0420. The molecular formula is C18H23FN2O3. The van der Waals surface area contributed by atoms with Crippen molar-refractivity contribution >= 4 is 17.5 Å². The number of amides is 2. The number of aryl methyl sites for hydroxylation is 1. The third-order valence-corrected chi connectivity index (χ3v) is 4.88. The number of nitrogens with one attached hydrogen (secondary N) is 1. The average molecular weight is 334 g/mol. The zero-order valence-electron chi connectivity index (χ0n) is 13.6. The number of fused-ring (bicyclic) bond motifs is 1. The van der Waals surface area contributed by atoms with E-state index in [9.17, 15) is 19.1 Å². The number of hydrogen-bond acceptors (Lipinski definition) is 3. The van der Waals surface area contributed by atoms with Crippen molar-refractivity contribution in [3.63, 3.8) is 0 Å². The van der Waals surface area contributed by atoms with Crippen LogP contribution in [0, 0.1) is 5.82 Å². The first-order valence-corrected chi connectivity index (χ1v) is 8.61. The van der Waals surface area contributed by atoms with Crippen LogP contribution in [0.4, 0.5) is 10.1 Å². The van der Waals surface area contributed by atoms with Crippen molar-refractivity contribution in [2.24, 2.45) is 0 Å². The van der Waals surface area contributed by atoms with Gasteiger partial charge < -0.3 is 15.3 Å². The lowest BCUT2D eigenvalue weighted by molar-refractivity contribution is -0.123. The predicted octanol–water partition coefficient (Wildman–Crippen LogP) is 1.91. The highest BCUT2D eigenvalue weighted by Crippen LogP contribution is 2.28. The summed E-state index contributed by atoms with van der Waals surface area (Å²) >= 11 is 0. The Balaban J connectivity index is 1.60. The van der Waals surface area contributed by atoms with Crippen molar-refractivity contribution in [3.05, 3.63) is 29.6 Å². The fourth-order valence-electron chi connectivity index (χ4n) is 3.55. The molecular weight excluding hydrogens is 311 g/mol. The van der Waals surface area contributed by atoms with Gasteiger partial charge in [-0.2, -0.15) is 0 Å². The van der Waals surface area contributed by atoms with Gasteiger partial charge in [0.05, 0.1) is 12.1 Å². The molecule has 1 saturated carbocycles. The first kappa shape index (κ1) is 16.9. The van der Waals surface area contributed by atoms with Crippen LogP contribution >= 0.6 is 0 Å². The zero-order chi connectivity index (χ0) is 17.1. The van der Waals surface area contributed by atoms with E-state index in [2.05, 4.69) is 5.32 Å². The van der Waals surface area contributed by atoms with E-state index in [4.69, 9.17) is 0 Å². The number of carbonyl (C=O) groups is 2. The normalized spacial score (nSPS) is 23.8. The molecule has 1 aliphatic heterocycles. The quantitative estimate of drug-likeness (QED) is 0.884. The van der Waals surface area contributed by atoms with Gasteiger partial charge in [-0.1, -0.05) is 12.8 Å². The molecule has 1 aliphatic carbocycles. The van der Waals surface area contributed by atoms with Gasteiger partial charge in [0.15, 0.2) is 0 Å². The van der Waals surface area contributed by atoms with E-state index in [1.54, 1.807) is 11.0 Å². The smallest absolute Gasteiger partial charge is 0.227 e. The van der Waals surface area contributed by atoms with E-state index >= 15 is 0 Å². The number of halogens is 1. The molecule has 2 aliphatic rings. The predicted molar refractivity (Wildman–Crippen MR) is 88.1 cm³/mol. The van der Waals surface area contributed by atoms with Gasteiger partial charge in [0, 0.05) is 25.1 Å². The zero-order valence-corrected chi connectivity index (χ0v) is 13.6. The van der Waals surface area contributed by atoms with Crippen LogP contribution in [0.15, 0.2) is 18.2 Å². The molecule has 130 valence electrons. The summed E-state index contributed by atoms with van der Waals surface area (Å²) in [6, 6.07) is 4.20. The highest BCUT2D eigenvalue weighted by molar-refractivity contribution is 5.97. The fourth-order valence-corrected chi connectivity index (χ4v) is 3.55. The maximum Gasteiger partial charge on any atom is 0.227 e.